The van der Waals surface area contributed by atoms with Crippen molar-refractivity contribution in [3.8, 4) is 0 Å². The normalized spacial score (nSPS) is 9.27. The fourth-order valence-electron chi connectivity index (χ4n) is 0.493. The van der Waals surface area contributed by atoms with Crippen LogP contribution in [0.3, 0.4) is 0 Å². The van der Waals surface area contributed by atoms with Gasteiger partial charge in [-0.2, -0.15) is 0 Å². The molecule has 0 aromatic heterocycles. The van der Waals surface area contributed by atoms with Crippen LogP contribution in [-0.4, -0.2) is 17.4 Å². The number of thiocarbonyl (C=S) groups is 1. The summed E-state index contributed by atoms with van der Waals surface area (Å²) in [5.41, 5.74) is 0. The highest BCUT2D eigenvalue weighted by molar-refractivity contribution is 7.98. The van der Waals surface area contributed by atoms with Crippen molar-refractivity contribution in [1.29, 1.82) is 0 Å². The van der Waals surface area contributed by atoms with Gasteiger partial charge in [0.15, 0.2) is 5.11 Å². The highest BCUT2D eigenvalue weighted by Gasteiger charge is 1.91. The van der Waals surface area contributed by atoms with Gasteiger partial charge in [0.25, 0.3) is 0 Å². The Labute approximate surface area is 78.6 Å². The zero-order valence-corrected chi connectivity index (χ0v) is 8.78. The molecule has 0 radical (unpaired) electrons. The van der Waals surface area contributed by atoms with E-state index >= 15 is 0 Å². The van der Waals surface area contributed by atoms with E-state index in [1.165, 1.54) is 6.42 Å². The third-order valence-corrected chi connectivity index (χ3v) is 2.34. The van der Waals surface area contributed by atoms with Crippen LogP contribution in [-0.2, 0) is 0 Å². The minimum atomic E-state index is 0.755. The van der Waals surface area contributed by atoms with E-state index in [0.29, 0.717) is 0 Å². The van der Waals surface area contributed by atoms with E-state index in [1.807, 2.05) is 0 Å². The second-order valence-corrected chi connectivity index (χ2v) is 3.52. The van der Waals surface area contributed by atoms with Gasteiger partial charge in [0, 0.05) is 12.3 Å². The van der Waals surface area contributed by atoms with Crippen molar-refractivity contribution in [2.24, 2.45) is 0 Å². The third-order valence-electron chi connectivity index (χ3n) is 1.01. The van der Waals surface area contributed by atoms with Gasteiger partial charge in [0.1, 0.15) is 0 Å². The molecule has 0 aromatic rings. The van der Waals surface area contributed by atoms with Gasteiger partial charge < -0.3 is 10.0 Å². The smallest absolute Gasteiger partial charge is 0.176 e. The molecule has 0 heterocycles. The van der Waals surface area contributed by atoms with Crippen molar-refractivity contribution in [3.63, 3.8) is 0 Å². The molecule has 0 saturated carbocycles. The van der Waals surface area contributed by atoms with E-state index < -0.39 is 0 Å². The van der Waals surface area contributed by atoms with Crippen molar-refractivity contribution in [1.82, 2.24) is 10.0 Å². The topological polar surface area (TPSA) is 24.1 Å². The van der Waals surface area contributed by atoms with Gasteiger partial charge in [-0.15, -0.1) is 0 Å². The maximum absolute atomic E-state index is 4.99. The van der Waals surface area contributed by atoms with E-state index in [4.69, 9.17) is 12.2 Å². The maximum atomic E-state index is 4.99. The average Bonchev–Trinajstić information content (AvgIpc) is 2.01. The molecule has 11 heavy (non-hydrogen) atoms. The van der Waals surface area contributed by atoms with Crippen LogP contribution in [0.2, 0.25) is 0 Å². The largest absolute Gasteiger partial charge is 0.362 e. The molecule has 0 aliphatic carbocycles. The summed E-state index contributed by atoms with van der Waals surface area (Å²) in [4.78, 5) is 0. The number of rotatable bonds is 5. The molecule has 0 rings (SSSR count). The molecule has 66 valence electrons. The zero-order chi connectivity index (χ0) is 8.53. The first-order valence-electron chi connectivity index (χ1n) is 3.96. The van der Waals surface area contributed by atoms with Crippen LogP contribution in [0, 0.1) is 0 Å². The minimum Gasteiger partial charge on any atom is -0.362 e. The third kappa shape index (κ3) is 7.94. The molecule has 0 atom stereocenters. The highest BCUT2D eigenvalue weighted by Crippen LogP contribution is 1.94. The Balaban J connectivity index is 3.09. The molecule has 0 aliphatic rings. The van der Waals surface area contributed by atoms with E-state index in [-0.39, 0.29) is 0 Å². The molecule has 0 fully saturated rings. The predicted octanol–water partition coefficient (Wildman–Crippen LogP) is 1.92. The van der Waals surface area contributed by atoms with Gasteiger partial charge in [-0.1, -0.05) is 25.8 Å². The van der Waals surface area contributed by atoms with Crippen molar-refractivity contribution in [3.05, 3.63) is 0 Å². The van der Waals surface area contributed by atoms with Crippen molar-refractivity contribution in [2.45, 2.75) is 26.7 Å². The Hall–Kier alpha value is 0.0400. The van der Waals surface area contributed by atoms with Gasteiger partial charge >= 0.3 is 0 Å². The molecule has 2 N–H and O–H groups in total. The van der Waals surface area contributed by atoms with Gasteiger partial charge in [0.2, 0.25) is 0 Å². The SMILES string of the molecule is CCCNC(=S)NSCCC. The molecule has 0 unspecified atom stereocenters. The fourth-order valence-corrected chi connectivity index (χ4v) is 1.28. The van der Waals surface area contributed by atoms with Gasteiger partial charge in [-0.05, 0) is 25.1 Å². The fraction of sp³-hybridized carbons (Fsp3) is 0.857. The molecule has 0 saturated heterocycles. The maximum Gasteiger partial charge on any atom is 0.176 e. The summed E-state index contributed by atoms with van der Waals surface area (Å²) >= 11 is 6.65. The summed E-state index contributed by atoms with van der Waals surface area (Å²) in [5.74, 6) is 1.11. The van der Waals surface area contributed by atoms with Crippen LogP contribution in [0.5, 0.6) is 0 Å². The van der Waals surface area contributed by atoms with Crippen molar-refractivity contribution in [2.75, 3.05) is 12.3 Å². The van der Waals surface area contributed by atoms with Crippen molar-refractivity contribution < 1.29 is 0 Å². The van der Waals surface area contributed by atoms with E-state index in [9.17, 15) is 0 Å². The van der Waals surface area contributed by atoms with Gasteiger partial charge in [0.05, 0.1) is 0 Å². The second kappa shape index (κ2) is 8.14. The lowest BCUT2D eigenvalue weighted by Gasteiger charge is -2.07. The molecule has 4 heteroatoms. The lowest BCUT2D eigenvalue weighted by Crippen LogP contribution is -2.31. The Morgan fingerprint density at radius 1 is 1.36 bits per heavy atom. The minimum absolute atomic E-state index is 0.755. The molecular formula is C7H16N2S2. The van der Waals surface area contributed by atoms with Crippen LogP contribution in [0.25, 0.3) is 0 Å². The summed E-state index contributed by atoms with van der Waals surface area (Å²) in [7, 11) is 0. The van der Waals surface area contributed by atoms with E-state index in [0.717, 1.165) is 23.8 Å². The van der Waals surface area contributed by atoms with Crippen LogP contribution >= 0.6 is 24.2 Å². The first-order chi connectivity index (χ1) is 5.31. The van der Waals surface area contributed by atoms with E-state index in [1.54, 1.807) is 11.9 Å². The first-order valence-corrected chi connectivity index (χ1v) is 5.36. The summed E-state index contributed by atoms with van der Waals surface area (Å²) in [5, 5.41) is 3.85. The zero-order valence-electron chi connectivity index (χ0n) is 7.14. The molecule has 0 bridgehead atoms. The Morgan fingerprint density at radius 3 is 2.64 bits per heavy atom. The lowest BCUT2D eigenvalue weighted by molar-refractivity contribution is 0.839. The van der Waals surface area contributed by atoms with Crippen LogP contribution in [0.4, 0.5) is 0 Å². The van der Waals surface area contributed by atoms with Gasteiger partial charge in [-0.3, -0.25) is 0 Å². The summed E-state index contributed by atoms with van der Waals surface area (Å²) in [6, 6.07) is 0. The highest BCUT2D eigenvalue weighted by atomic mass is 32.2. The number of nitrogens with one attached hydrogen (secondary N) is 2. The predicted molar refractivity (Wildman–Crippen MR) is 56.8 cm³/mol. The molecule has 0 aliphatic heterocycles. The number of hydrogen-bond acceptors (Lipinski definition) is 2. The molecule has 0 amide bonds. The quantitative estimate of drug-likeness (QED) is 0.395. The molecule has 2 nitrogen and oxygen atoms in total. The van der Waals surface area contributed by atoms with Crippen molar-refractivity contribution >= 4 is 29.3 Å². The lowest BCUT2D eigenvalue weighted by atomic mass is 10.5. The summed E-state index contributed by atoms with van der Waals surface area (Å²) < 4.78 is 3.06. The average molecular weight is 192 g/mol. The molecular weight excluding hydrogens is 176 g/mol. The molecule has 0 aromatic carbocycles. The first kappa shape index (κ1) is 11.0. The summed E-state index contributed by atoms with van der Waals surface area (Å²) in [6.45, 7) is 5.23. The van der Waals surface area contributed by atoms with E-state index in [2.05, 4.69) is 23.9 Å². The van der Waals surface area contributed by atoms with Gasteiger partial charge in [-0.25, -0.2) is 0 Å². The monoisotopic (exact) mass is 192 g/mol. The Bertz CT molecular complexity index is 107. The second-order valence-electron chi connectivity index (χ2n) is 2.21. The Morgan fingerprint density at radius 2 is 2.09 bits per heavy atom. The number of hydrogen-bond donors (Lipinski definition) is 2. The summed E-state index contributed by atoms with van der Waals surface area (Å²) in [6.07, 6.45) is 2.29. The van der Waals surface area contributed by atoms with Crippen LogP contribution < -0.4 is 10.0 Å². The van der Waals surface area contributed by atoms with Crippen LogP contribution in [0.1, 0.15) is 26.7 Å². The standard InChI is InChI=1S/C7H16N2S2/c1-3-5-8-7(10)9-11-6-4-2/h3-6H2,1-2H3,(H2,8,9,10). The Kier molecular flexibility index (Phi) is 8.17. The van der Waals surface area contributed by atoms with Crippen LogP contribution in [0.15, 0.2) is 0 Å². The molecule has 0 spiro atoms.